The van der Waals surface area contributed by atoms with Gasteiger partial charge in [-0.1, -0.05) is 36.6 Å². The van der Waals surface area contributed by atoms with E-state index >= 15 is 0 Å². The van der Waals surface area contributed by atoms with E-state index in [2.05, 4.69) is 5.32 Å². The van der Waals surface area contributed by atoms with Crippen LogP contribution in [0.15, 0.2) is 24.3 Å². The Balaban J connectivity index is 0.00000192. The SMILES string of the molecule is Cl.O=C(C1CNCCO1)N1CCCCCC1c1ccc(Cl)cc1. The van der Waals surface area contributed by atoms with E-state index in [1.165, 1.54) is 12.0 Å². The van der Waals surface area contributed by atoms with Gasteiger partial charge >= 0.3 is 0 Å². The smallest absolute Gasteiger partial charge is 0.253 e. The Bertz CT molecular complexity index is 504. The lowest BCUT2D eigenvalue weighted by Gasteiger charge is -2.34. The second kappa shape index (κ2) is 8.88. The number of likely N-dealkylation sites (tertiary alicyclic amines) is 1. The highest BCUT2D eigenvalue weighted by atomic mass is 35.5. The number of rotatable bonds is 2. The molecule has 0 spiro atoms. The lowest BCUT2D eigenvalue weighted by molar-refractivity contribution is -0.147. The molecule has 0 aliphatic carbocycles. The second-order valence-electron chi connectivity index (χ2n) is 6.01. The van der Waals surface area contributed by atoms with E-state index in [1.54, 1.807) is 0 Å². The number of hydrogen-bond acceptors (Lipinski definition) is 3. The predicted octanol–water partition coefficient (Wildman–Crippen LogP) is 3.19. The number of ether oxygens (including phenoxy) is 1. The highest BCUT2D eigenvalue weighted by Crippen LogP contribution is 2.31. The van der Waals surface area contributed by atoms with E-state index in [0.717, 1.165) is 37.4 Å². The number of nitrogens with one attached hydrogen (secondary N) is 1. The molecule has 0 bridgehead atoms. The maximum atomic E-state index is 12.9. The molecule has 1 aromatic carbocycles. The van der Waals surface area contributed by atoms with Crippen molar-refractivity contribution < 1.29 is 9.53 Å². The third-order valence-electron chi connectivity index (χ3n) is 4.49. The van der Waals surface area contributed by atoms with Gasteiger partial charge in [-0.2, -0.15) is 0 Å². The van der Waals surface area contributed by atoms with Crippen molar-refractivity contribution in [2.24, 2.45) is 0 Å². The number of halogens is 2. The molecule has 1 N–H and O–H groups in total. The quantitative estimate of drug-likeness (QED) is 0.882. The summed E-state index contributed by atoms with van der Waals surface area (Å²) in [4.78, 5) is 14.9. The Kier molecular flexibility index (Phi) is 7.15. The van der Waals surface area contributed by atoms with Gasteiger partial charge in [-0.15, -0.1) is 12.4 Å². The highest BCUT2D eigenvalue weighted by molar-refractivity contribution is 6.30. The Labute approximate surface area is 148 Å². The monoisotopic (exact) mass is 358 g/mol. The van der Waals surface area contributed by atoms with Gasteiger partial charge < -0.3 is 15.0 Å². The van der Waals surface area contributed by atoms with Crippen molar-refractivity contribution in [3.63, 3.8) is 0 Å². The molecule has 0 aromatic heterocycles. The molecule has 2 aliphatic rings. The van der Waals surface area contributed by atoms with Gasteiger partial charge in [0.2, 0.25) is 0 Å². The van der Waals surface area contributed by atoms with Gasteiger partial charge in [-0.3, -0.25) is 4.79 Å². The molecule has 23 heavy (non-hydrogen) atoms. The molecular weight excluding hydrogens is 335 g/mol. The zero-order valence-corrected chi connectivity index (χ0v) is 14.7. The number of carbonyl (C=O) groups is 1. The van der Waals surface area contributed by atoms with E-state index in [-0.39, 0.29) is 30.5 Å². The minimum atomic E-state index is -0.346. The third kappa shape index (κ3) is 4.60. The molecule has 2 saturated heterocycles. The topological polar surface area (TPSA) is 41.6 Å². The lowest BCUT2D eigenvalue weighted by Crippen LogP contribution is -2.50. The largest absolute Gasteiger partial charge is 0.366 e. The zero-order chi connectivity index (χ0) is 15.4. The van der Waals surface area contributed by atoms with Crippen molar-refractivity contribution in [1.82, 2.24) is 10.2 Å². The summed E-state index contributed by atoms with van der Waals surface area (Å²) in [5, 5.41) is 3.97. The minimum Gasteiger partial charge on any atom is -0.366 e. The standard InChI is InChI=1S/C17H23ClN2O2.ClH/c18-14-7-5-13(6-8-14)15-4-2-1-3-10-20(15)17(21)16-12-19-9-11-22-16;/h5-8,15-16,19H,1-4,9-12H2;1H. The fraction of sp³-hybridized carbons (Fsp3) is 0.588. The van der Waals surface area contributed by atoms with E-state index in [4.69, 9.17) is 16.3 Å². The van der Waals surface area contributed by atoms with E-state index in [9.17, 15) is 4.79 Å². The molecule has 2 fully saturated rings. The Morgan fingerprint density at radius 2 is 2.00 bits per heavy atom. The molecule has 2 atom stereocenters. The molecule has 6 heteroatoms. The number of carbonyl (C=O) groups excluding carboxylic acids is 1. The van der Waals surface area contributed by atoms with Crippen LogP contribution in [0.2, 0.25) is 5.02 Å². The Morgan fingerprint density at radius 1 is 1.22 bits per heavy atom. The Morgan fingerprint density at radius 3 is 2.70 bits per heavy atom. The lowest BCUT2D eigenvalue weighted by atomic mass is 10.0. The van der Waals surface area contributed by atoms with Crippen LogP contribution in [0.1, 0.15) is 37.3 Å². The summed E-state index contributed by atoms with van der Waals surface area (Å²) >= 11 is 5.99. The summed E-state index contributed by atoms with van der Waals surface area (Å²) in [5.41, 5.74) is 1.17. The maximum absolute atomic E-state index is 12.9. The van der Waals surface area contributed by atoms with E-state index < -0.39 is 0 Å². The Hall–Kier alpha value is -0.810. The van der Waals surface area contributed by atoms with Crippen LogP contribution in [0.4, 0.5) is 0 Å². The maximum Gasteiger partial charge on any atom is 0.253 e. The van der Waals surface area contributed by atoms with Crippen LogP contribution in [0.5, 0.6) is 0 Å². The molecule has 1 aromatic rings. The summed E-state index contributed by atoms with van der Waals surface area (Å²) in [6.45, 7) is 2.86. The molecule has 0 saturated carbocycles. The van der Waals surface area contributed by atoms with Crippen LogP contribution in [0.25, 0.3) is 0 Å². The van der Waals surface area contributed by atoms with Crippen LogP contribution in [0, 0.1) is 0 Å². The molecule has 0 radical (unpaired) electrons. The first-order chi connectivity index (χ1) is 10.8. The summed E-state index contributed by atoms with van der Waals surface area (Å²) in [6.07, 6.45) is 4.06. The van der Waals surface area contributed by atoms with Crippen molar-refractivity contribution in [3.05, 3.63) is 34.9 Å². The molecule has 128 valence electrons. The van der Waals surface area contributed by atoms with Gasteiger partial charge in [0.15, 0.2) is 0 Å². The van der Waals surface area contributed by atoms with Gasteiger partial charge in [0.1, 0.15) is 6.10 Å². The first-order valence-electron chi connectivity index (χ1n) is 8.14. The average Bonchev–Trinajstić information content (AvgIpc) is 2.81. The molecule has 1 amide bonds. The van der Waals surface area contributed by atoms with Gasteiger partial charge in [0.25, 0.3) is 5.91 Å². The molecule has 2 heterocycles. The first kappa shape index (κ1) is 18.5. The van der Waals surface area contributed by atoms with Gasteiger partial charge in [0, 0.05) is 24.7 Å². The van der Waals surface area contributed by atoms with Crippen molar-refractivity contribution >= 4 is 29.9 Å². The molecule has 2 unspecified atom stereocenters. The normalized spacial score (nSPS) is 25.3. The van der Waals surface area contributed by atoms with Gasteiger partial charge in [0.05, 0.1) is 12.6 Å². The highest BCUT2D eigenvalue weighted by Gasteiger charge is 2.32. The third-order valence-corrected chi connectivity index (χ3v) is 4.75. The van der Waals surface area contributed by atoms with Crippen LogP contribution in [0.3, 0.4) is 0 Å². The number of amides is 1. The van der Waals surface area contributed by atoms with Crippen molar-refractivity contribution in [3.8, 4) is 0 Å². The second-order valence-corrected chi connectivity index (χ2v) is 6.45. The number of hydrogen-bond donors (Lipinski definition) is 1. The van der Waals surface area contributed by atoms with Crippen molar-refractivity contribution in [2.45, 2.75) is 37.8 Å². The summed E-state index contributed by atoms with van der Waals surface area (Å²) < 4.78 is 5.66. The number of nitrogens with zero attached hydrogens (tertiary/aromatic N) is 1. The minimum absolute atomic E-state index is 0. The first-order valence-corrected chi connectivity index (χ1v) is 8.52. The van der Waals surface area contributed by atoms with E-state index in [0.29, 0.717) is 13.2 Å². The summed E-state index contributed by atoms with van der Waals surface area (Å²) in [6, 6.07) is 8.03. The van der Waals surface area contributed by atoms with Gasteiger partial charge in [-0.25, -0.2) is 0 Å². The summed E-state index contributed by atoms with van der Waals surface area (Å²) in [7, 11) is 0. The van der Waals surface area contributed by atoms with Crippen molar-refractivity contribution in [1.29, 1.82) is 0 Å². The van der Waals surface area contributed by atoms with Gasteiger partial charge in [-0.05, 0) is 30.5 Å². The van der Waals surface area contributed by atoms with E-state index in [1.807, 2.05) is 29.2 Å². The van der Waals surface area contributed by atoms with Crippen LogP contribution < -0.4 is 5.32 Å². The fourth-order valence-electron chi connectivity index (χ4n) is 3.31. The van der Waals surface area contributed by atoms with Crippen LogP contribution >= 0.6 is 24.0 Å². The molecule has 4 nitrogen and oxygen atoms in total. The van der Waals surface area contributed by atoms with Crippen LogP contribution in [-0.2, 0) is 9.53 Å². The zero-order valence-electron chi connectivity index (χ0n) is 13.2. The summed E-state index contributed by atoms with van der Waals surface area (Å²) in [5.74, 6) is 0.119. The molecular formula is C17H24Cl2N2O2. The average molecular weight is 359 g/mol. The molecule has 3 rings (SSSR count). The fourth-order valence-corrected chi connectivity index (χ4v) is 3.44. The van der Waals surface area contributed by atoms with Crippen molar-refractivity contribution in [2.75, 3.05) is 26.2 Å². The molecule has 2 aliphatic heterocycles. The predicted molar refractivity (Wildman–Crippen MR) is 94.2 cm³/mol. The van der Waals surface area contributed by atoms with Crippen LogP contribution in [-0.4, -0.2) is 43.2 Å². The number of morpholine rings is 1. The number of benzene rings is 1.